The first-order valence-corrected chi connectivity index (χ1v) is 9.93. The lowest BCUT2D eigenvalue weighted by Crippen LogP contribution is -2.31. The van der Waals surface area contributed by atoms with Gasteiger partial charge in [0.25, 0.3) is 0 Å². The minimum Gasteiger partial charge on any atom is -0.497 e. The van der Waals surface area contributed by atoms with E-state index in [1.807, 2.05) is 32.0 Å². The van der Waals surface area contributed by atoms with Crippen LogP contribution in [-0.2, 0) is 14.4 Å². The van der Waals surface area contributed by atoms with Crippen molar-refractivity contribution in [2.75, 3.05) is 23.1 Å². The van der Waals surface area contributed by atoms with Gasteiger partial charge in [0.05, 0.1) is 23.8 Å². The van der Waals surface area contributed by atoms with Gasteiger partial charge in [0.1, 0.15) is 5.75 Å². The van der Waals surface area contributed by atoms with Crippen LogP contribution in [0.5, 0.6) is 5.75 Å². The van der Waals surface area contributed by atoms with E-state index in [0.717, 1.165) is 11.1 Å². The Morgan fingerprint density at radius 2 is 1.89 bits per heavy atom. The lowest BCUT2D eigenvalue weighted by Gasteiger charge is -2.16. The van der Waals surface area contributed by atoms with E-state index in [4.69, 9.17) is 4.74 Å². The first-order chi connectivity index (χ1) is 13.4. The zero-order valence-corrected chi connectivity index (χ0v) is 16.8. The first-order valence-electron chi connectivity index (χ1n) is 8.88. The van der Waals surface area contributed by atoms with Crippen LogP contribution in [-0.4, -0.2) is 35.8 Å². The molecule has 0 bridgehead atoms. The molecule has 3 amide bonds. The highest BCUT2D eigenvalue weighted by molar-refractivity contribution is 8.01. The molecule has 1 fully saturated rings. The van der Waals surface area contributed by atoms with Gasteiger partial charge >= 0.3 is 0 Å². The van der Waals surface area contributed by atoms with Gasteiger partial charge in [-0.05, 0) is 49.2 Å². The van der Waals surface area contributed by atoms with Gasteiger partial charge in [0.2, 0.25) is 17.7 Å². The van der Waals surface area contributed by atoms with Gasteiger partial charge in [-0.2, -0.15) is 0 Å². The Hall–Kier alpha value is -2.80. The van der Waals surface area contributed by atoms with Crippen LogP contribution in [0.25, 0.3) is 0 Å². The van der Waals surface area contributed by atoms with Gasteiger partial charge in [-0.3, -0.25) is 14.4 Å². The number of hydrogen-bond acceptors (Lipinski definition) is 5. The third-order valence-corrected chi connectivity index (χ3v) is 5.54. The molecule has 0 unspecified atom stereocenters. The first kappa shape index (κ1) is 19.9. The highest BCUT2D eigenvalue weighted by Gasteiger charge is 2.40. The summed E-state index contributed by atoms with van der Waals surface area (Å²) in [6, 6.07) is 12.7. The van der Waals surface area contributed by atoms with Crippen molar-refractivity contribution in [2.45, 2.75) is 25.5 Å². The molecule has 6 nitrogen and oxygen atoms in total. The molecular formula is C21H22N2O4S. The summed E-state index contributed by atoms with van der Waals surface area (Å²) < 4.78 is 5.13. The predicted octanol–water partition coefficient (Wildman–Crippen LogP) is 3.32. The number of carbonyl (C=O) groups excluding carboxylic acids is 3. The number of amides is 3. The van der Waals surface area contributed by atoms with Crippen LogP contribution in [0.1, 0.15) is 17.5 Å². The number of benzene rings is 2. The number of ether oxygens (including phenoxy) is 1. The molecule has 1 N–H and O–H groups in total. The summed E-state index contributed by atoms with van der Waals surface area (Å²) in [5, 5.41) is 2.22. The summed E-state index contributed by atoms with van der Waals surface area (Å²) in [5.41, 5.74) is 3.20. The van der Waals surface area contributed by atoms with Gasteiger partial charge < -0.3 is 10.1 Å². The maximum atomic E-state index is 12.7. The van der Waals surface area contributed by atoms with Crippen molar-refractivity contribution in [3.8, 4) is 5.75 Å². The highest BCUT2D eigenvalue weighted by atomic mass is 32.2. The molecule has 2 aromatic rings. The van der Waals surface area contributed by atoms with E-state index in [1.54, 1.807) is 31.4 Å². The Morgan fingerprint density at radius 1 is 1.18 bits per heavy atom. The zero-order chi connectivity index (χ0) is 20.3. The highest BCUT2D eigenvalue weighted by Crippen LogP contribution is 2.31. The Balaban J connectivity index is 1.61. The van der Waals surface area contributed by atoms with Crippen molar-refractivity contribution < 1.29 is 19.1 Å². The van der Waals surface area contributed by atoms with E-state index in [9.17, 15) is 14.4 Å². The third-order valence-electron chi connectivity index (χ3n) is 4.34. The maximum Gasteiger partial charge on any atom is 0.247 e. The molecule has 7 heteroatoms. The minimum atomic E-state index is -0.552. The summed E-state index contributed by atoms with van der Waals surface area (Å²) in [6.07, 6.45) is 0.100. The van der Waals surface area contributed by atoms with Gasteiger partial charge in [-0.15, -0.1) is 11.8 Å². The van der Waals surface area contributed by atoms with Crippen LogP contribution in [0.2, 0.25) is 0 Å². The number of hydrogen-bond donors (Lipinski definition) is 1. The van der Waals surface area contributed by atoms with Crippen molar-refractivity contribution >= 4 is 40.9 Å². The smallest absolute Gasteiger partial charge is 0.247 e. The third kappa shape index (κ3) is 4.54. The summed E-state index contributed by atoms with van der Waals surface area (Å²) in [5.74, 6) is -0.00830. The molecule has 0 radical (unpaired) electrons. The lowest BCUT2D eigenvalue weighted by molar-refractivity contribution is -0.121. The Kier molecular flexibility index (Phi) is 6.04. The number of nitrogens with zero attached hydrogens (tertiary/aromatic N) is 1. The molecule has 0 saturated carbocycles. The van der Waals surface area contributed by atoms with Crippen LogP contribution in [0.3, 0.4) is 0 Å². The molecule has 0 aliphatic carbocycles. The molecule has 2 aromatic carbocycles. The number of nitrogens with one attached hydrogen (secondary N) is 1. The van der Waals surface area contributed by atoms with Crippen LogP contribution >= 0.6 is 11.8 Å². The number of thioether (sulfide) groups is 1. The Labute approximate surface area is 168 Å². The molecular weight excluding hydrogens is 376 g/mol. The van der Waals surface area contributed by atoms with Crippen LogP contribution in [0, 0.1) is 13.8 Å². The molecule has 28 heavy (non-hydrogen) atoms. The van der Waals surface area contributed by atoms with E-state index in [-0.39, 0.29) is 29.9 Å². The molecule has 1 aliphatic heterocycles. The molecule has 1 atom stereocenters. The van der Waals surface area contributed by atoms with Gasteiger partial charge in [-0.1, -0.05) is 12.1 Å². The fourth-order valence-electron chi connectivity index (χ4n) is 3.16. The molecule has 1 saturated heterocycles. The Bertz CT molecular complexity index is 908. The monoisotopic (exact) mass is 398 g/mol. The number of rotatable bonds is 6. The summed E-state index contributed by atoms with van der Waals surface area (Å²) >= 11 is 1.18. The van der Waals surface area contributed by atoms with E-state index in [2.05, 4.69) is 5.32 Å². The van der Waals surface area contributed by atoms with Crippen molar-refractivity contribution in [1.29, 1.82) is 0 Å². The van der Waals surface area contributed by atoms with Crippen molar-refractivity contribution in [1.82, 2.24) is 0 Å². The average molecular weight is 398 g/mol. The van der Waals surface area contributed by atoms with Crippen LogP contribution in [0.15, 0.2) is 42.5 Å². The van der Waals surface area contributed by atoms with Crippen LogP contribution < -0.4 is 15.0 Å². The molecule has 1 aliphatic rings. The zero-order valence-electron chi connectivity index (χ0n) is 16.0. The summed E-state index contributed by atoms with van der Waals surface area (Å²) in [7, 11) is 1.56. The number of anilines is 2. The van der Waals surface area contributed by atoms with Crippen molar-refractivity contribution in [2.24, 2.45) is 0 Å². The SMILES string of the molecule is COc1cccc(NC(=O)CS[C@H]2CC(=O)N(c3cc(C)cc(C)c3)C2=O)c1. The standard InChI is InChI=1S/C21H22N2O4S/c1-13-7-14(2)9-16(8-13)23-20(25)11-18(21(23)26)28-12-19(24)22-15-5-4-6-17(10-15)27-3/h4-10,18H,11-12H2,1-3H3,(H,22,24)/t18-/m0/s1. The van der Waals surface area contributed by atoms with E-state index < -0.39 is 5.25 Å². The number of carbonyl (C=O) groups is 3. The fourth-order valence-corrected chi connectivity index (χ4v) is 4.09. The van der Waals surface area contributed by atoms with Crippen molar-refractivity contribution in [3.05, 3.63) is 53.6 Å². The fraction of sp³-hybridized carbons (Fsp3) is 0.286. The normalized spacial score (nSPS) is 16.4. The number of imide groups is 1. The molecule has 0 aromatic heterocycles. The molecule has 146 valence electrons. The van der Waals surface area contributed by atoms with Gasteiger partial charge in [0.15, 0.2) is 0 Å². The van der Waals surface area contributed by atoms with E-state index >= 15 is 0 Å². The average Bonchev–Trinajstić information content (AvgIpc) is 2.93. The Morgan fingerprint density at radius 3 is 2.57 bits per heavy atom. The minimum absolute atomic E-state index is 0.0849. The van der Waals surface area contributed by atoms with Gasteiger partial charge in [0, 0.05) is 18.2 Å². The topological polar surface area (TPSA) is 75.7 Å². The second kappa shape index (κ2) is 8.48. The quantitative estimate of drug-likeness (QED) is 0.756. The summed E-state index contributed by atoms with van der Waals surface area (Å²) in [4.78, 5) is 38.6. The summed E-state index contributed by atoms with van der Waals surface area (Å²) in [6.45, 7) is 3.85. The lowest BCUT2D eigenvalue weighted by atomic mass is 10.1. The van der Waals surface area contributed by atoms with Crippen LogP contribution in [0.4, 0.5) is 11.4 Å². The van der Waals surface area contributed by atoms with E-state index in [1.165, 1.54) is 16.7 Å². The van der Waals surface area contributed by atoms with Gasteiger partial charge in [-0.25, -0.2) is 4.90 Å². The number of methoxy groups -OCH3 is 1. The van der Waals surface area contributed by atoms with E-state index in [0.29, 0.717) is 17.1 Å². The maximum absolute atomic E-state index is 12.7. The molecule has 1 heterocycles. The largest absolute Gasteiger partial charge is 0.497 e. The second-order valence-electron chi connectivity index (χ2n) is 6.70. The molecule has 3 rings (SSSR count). The number of aryl methyl sites for hydroxylation is 2. The predicted molar refractivity (Wildman–Crippen MR) is 111 cm³/mol. The second-order valence-corrected chi connectivity index (χ2v) is 7.89. The molecule has 0 spiro atoms. The van der Waals surface area contributed by atoms with Crippen molar-refractivity contribution in [3.63, 3.8) is 0 Å².